The van der Waals surface area contributed by atoms with Crippen LogP contribution in [0, 0.1) is 11.8 Å². The van der Waals surface area contributed by atoms with E-state index in [1.807, 2.05) is 0 Å². The Kier molecular flexibility index (Phi) is 9.74. The number of hydrogen-bond acceptors (Lipinski definition) is 1. The topological polar surface area (TPSA) is 17.1 Å². The van der Waals surface area contributed by atoms with Gasteiger partial charge in [-0.25, -0.2) is 0 Å². The summed E-state index contributed by atoms with van der Waals surface area (Å²) in [6, 6.07) is 0. The molecule has 1 heteroatoms. The fourth-order valence-corrected chi connectivity index (χ4v) is 1.22. The number of carbonyl (C=O) groups excluding carboxylic acids is 1. The minimum Gasteiger partial charge on any atom is -0.285 e. The molecular weight excluding hydrogens is 172 g/mol. The van der Waals surface area contributed by atoms with Crippen molar-refractivity contribution in [1.29, 1.82) is 0 Å². The van der Waals surface area contributed by atoms with Gasteiger partial charge in [-0.1, -0.05) is 45.5 Å². The summed E-state index contributed by atoms with van der Waals surface area (Å²) in [6.07, 6.45) is 8.40. The zero-order valence-corrected chi connectivity index (χ0v) is 9.57. The van der Waals surface area contributed by atoms with Crippen molar-refractivity contribution in [3.05, 3.63) is 0 Å². The lowest BCUT2D eigenvalue weighted by Gasteiger charge is -1.92. The molecule has 0 aliphatic rings. The number of Topliss-reactive ketones (excluding diaryl/α,β-unsaturated/α-hetero) is 1. The highest BCUT2D eigenvalue weighted by atomic mass is 16.1. The highest BCUT2D eigenvalue weighted by Gasteiger charge is 1.94. The van der Waals surface area contributed by atoms with E-state index in [1.54, 1.807) is 0 Å². The lowest BCUT2D eigenvalue weighted by Crippen LogP contribution is -1.92. The van der Waals surface area contributed by atoms with Gasteiger partial charge in [0.2, 0.25) is 5.78 Å². The second-order valence-electron chi connectivity index (χ2n) is 3.64. The van der Waals surface area contributed by atoms with E-state index < -0.39 is 0 Å². The van der Waals surface area contributed by atoms with Gasteiger partial charge in [-0.3, -0.25) is 4.79 Å². The maximum atomic E-state index is 11.2. The van der Waals surface area contributed by atoms with Crippen molar-refractivity contribution in [2.75, 3.05) is 0 Å². The van der Waals surface area contributed by atoms with E-state index in [4.69, 9.17) is 0 Å². The average molecular weight is 194 g/mol. The van der Waals surface area contributed by atoms with Gasteiger partial charge in [0.25, 0.3) is 0 Å². The van der Waals surface area contributed by atoms with E-state index in [0.717, 1.165) is 32.1 Å². The zero-order chi connectivity index (χ0) is 10.6. The van der Waals surface area contributed by atoms with Gasteiger partial charge < -0.3 is 0 Å². The Morgan fingerprint density at radius 2 is 1.64 bits per heavy atom. The van der Waals surface area contributed by atoms with E-state index in [1.165, 1.54) is 12.8 Å². The molecule has 0 aromatic carbocycles. The minimum atomic E-state index is 0.120. The molecule has 0 amide bonds. The Hall–Kier alpha value is -0.770. The molecule has 1 nitrogen and oxygen atoms in total. The quantitative estimate of drug-likeness (QED) is 0.343. The normalized spacial score (nSPS) is 9.29. The molecule has 0 radical (unpaired) electrons. The molecule has 0 fully saturated rings. The lowest BCUT2D eigenvalue weighted by molar-refractivity contribution is -0.113. The second kappa shape index (κ2) is 10.3. The summed E-state index contributed by atoms with van der Waals surface area (Å²) in [7, 11) is 0. The number of hydrogen-bond donors (Lipinski definition) is 0. The monoisotopic (exact) mass is 194 g/mol. The van der Waals surface area contributed by atoms with Crippen molar-refractivity contribution < 1.29 is 4.79 Å². The predicted molar refractivity (Wildman–Crippen MR) is 61.1 cm³/mol. The second-order valence-corrected chi connectivity index (χ2v) is 3.64. The van der Waals surface area contributed by atoms with Gasteiger partial charge in [0, 0.05) is 12.8 Å². The summed E-state index contributed by atoms with van der Waals surface area (Å²) >= 11 is 0. The van der Waals surface area contributed by atoms with E-state index in [9.17, 15) is 4.79 Å². The molecule has 80 valence electrons. The summed E-state index contributed by atoms with van der Waals surface area (Å²) in [5.74, 6) is 5.78. The number of rotatable bonds is 7. The fraction of sp³-hybridized carbons (Fsp3) is 0.769. The Balaban J connectivity index is 3.39. The van der Waals surface area contributed by atoms with Crippen molar-refractivity contribution in [3.8, 4) is 11.8 Å². The van der Waals surface area contributed by atoms with E-state index in [0.29, 0.717) is 6.42 Å². The van der Waals surface area contributed by atoms with Crippen LogP contribution >= 0.6 is 0 Å². The van der Waals surface area contributed by atoms with Crippen molar-refractivity contribution in [1.82, 2.24) is 0 Å². The van der Waals surface area contributed by atoms with E-state index in [2.05, 4.69) is 25.7 Å². The minimum absolute atomic E-state index is 0.120. The Bertz CT molecular complexity index is 195. The molecule has 0 N–H and O–H groups in total. The molecule has 0 atom stereocenters. The Morgan fingerprint density at radius 1 is 1.00 bits per heavy atom. The van der Waals surface area contributed by atoms with Gasteiger partial charge >= 0.3 is 0 Å². The SMILES string of the molecule is CCCCCC#CC(=O)CCCCC. The summed E-state index contributed by atoms with van der Waals surface area (Å²) in [5.41, 5.74) is 0. The number of ketones is 1. The van der Waals surface area contributed by atoms with Gasteiger partial charge in [-0.15, -0.1) is 0 Å². The van der Waals surface area contributed by atoms with Crippen molar-refractivity contribution in [2.45, 2.75) is 65.2 Å². The first-order chi connectivity index (χ1) is 6.81. The van der Waals surface area contributed by atoms with Crippen LogP contribution in [0.15, 0.2) is 0 Å². The van der Waals surface area contributed by atoms with Crippen LogP contribution < -0.4 is 0 Å². The molecule has 0 aromatic rings. The summed E-state index contributed by atoms with van der Waals surface area (Å²) < 4.78 is 0. The van der Waals surface area contributed by atoms with Crippen LogP contribution in [0.5, 0.6) is 0 Å². The van der Waals surface area contributed by atoms with Crippen LogP contribution in [-0.2, 0) is 4.79 Å². The average Bonchev–Trinajstić information content (AvgIpc) is 2.18. The molecular formula is C13H22O. The molecule has 0 unspecified atom stereocenters. The van der Waals surface area contributed by atoms with Crippen LogP contribution in [0.4, 0.5) is 0 Å². The molecule has 14 heavy (non-hydrogen) atoms. The van der Waals surface area contributed by atoms with Gasteiger partial charge in [-0.2, -0.15) is 0 Å². The number of unbranched alkanes of at least 4 members (excludes halogenated alkanes) is 5. The highest BCUT2D eigenvalue weighted by molar-refractivity contribution is 5.95. The van der Waals surface area contributed by atoms with Gasteiger partial charge in [0.15, 0.2) is 0 Å². The van der Waals surface area contributed by atoms with Gasteiger partial charge in [0.05, 0.1) is 0 Å². The largest absolute Gasteiger partial charge is 0.285 e. The molecule has 0 saturated carbocycles. The van der Waals surface area contributed by atoms with Gasteiger partial charge in [0.1, 0.15) is 0 Å². The van der Waals surface area contributed by atoms with Crippen molar-refractivity contribution >= 4 is 5.78 Å². The maximum Gasteiger partial charge on any atom is 0.205 e. The third-order valence-electron chi connectivity index (χ3n) is 2.14. The first-order valence-electron chi connectivity index (χ1n) is 5.83. The highest BCUT2D eigenvalue weighted by Crippen LogP contribution is 2.00. The lowest BCUT2D eigenvalue weighted by atomic mass is 10.1. The smallest absolute Gasteiger partial charge is 0.205 e. The van der Waals surface area contributed by atoms with E-state index in [-0.39, 0.29) is 5.78 Å². The third kappa shape index (κ3) is 9.32. The van der Waals surface area contributed by atoms with Crippen molar-refractivity contribution in [2.24, 2.45) is 0 Å². The molecule has 0 rings (SSSR count). The van der Waals surface area contributed by atoms with Crippen LogP contribution in [-0.4, -0.2) is 5.78 Å². The first-order valence-corrected chi connectivity index (χ1v) is 5.83. The third-order valence-corrected chi connectivity index (χ3v) is 2.14. The van der Waals surface area contributed by atoms with Crippen LogP contribution in [0.2, 0.25) is 0 Å². The Labute approximate surface area is 88.3 Å². The summed E-state index contributed by atoms with van der Waals surface area (Å²) in [5, 5.41) is 0. The summed E-state index contributed by atoms with van der Waals surface area (Å²) in [6.45, 7) is 4.31. The van der Waals surface area contributed by atoms with Gasteiger partial charge in [-0.05, 0) is 18.8 Å². The molecule has 0 aromatic heterocycles. The predicted octanol–water partition coefficient (Wildman–Crippen LogP) is 3.72. The summed E-state index contributed by atoms with van der Waals surface area (Å²) in [4.78, 5) is 11.2. The van der Waals surface area contributed by atoms with Crippen LogP contribution in [0.1, 0.15) is 65.2 Å². The molecule has 0 bridgehead atoms. The number of carbonyl (C=O) groups is 1. The first kappa shape index (κ1) is 13.2. The van der Waals surface area contributed by atoms with Crippen LogP contribution in [0.25, 0.3) is 0 Å². The molecule has 0 heterocycles. The molecule has 0 saturated heterocycles. The van der Waals surface area contributed by atoms with Crippen molar-refractivity contribution in [3.63, 3.8) is 0 Å². The van der Waals surface area contributed by atoms with E-state index >= 15 is 0 Å². The molecule has 0 aliphatic heterocycles. The van der Waals surface area contributed by atoms with Crippen LogP contribution in [0.3, 0.4) is 0 Å². The zero-order valence-electron chi connectivity index (χ0n) is 9.57. The maximum absolute atomic E-state index is 11.2. The Morgan fingerprint density at radius 3 is 2.29 bits per heavy atom. The standard InChI is InChI=1S/C13H22O/c1-3-5-7-8-10-12-13(14)11-9-6-4-2/h3-9,11H2,1-2H3. The molecule has 0 aliphatic carbocycles. The fourth-order valence-electron chi connectivity index (χ4n) is 1.22. The molecule has 0 spiro atoms.